The molecule has 6 heteroatoms. The summed E-state index contributed by atoms with van der Waals surface area (Å²) < 4.78 is 0. The predicted molar refractivity (Wildman–Crippen MR) is 82.0 cm³/mol. The summed E-state index contributed by atoms with van der Waals surface area (Å²) in [4.78, 5) is 25.3. The van der Waals surface area contributed by atoms with Crippen molar-refractivity contribution in [2.45, 2.75) is 0 Å². The van der Waals surface area contributed by atoms with Gasteiger partial charge in [-0.05, 0) is 30.3 Å². The molecule has 0 bridgehead atoms. The van der Waals surface area contributed by atoms with E-state index in [4.69, 9.17) is 17.3 Å². The summed E-state index contributed by atoms with van der Waals surface area (Å²) in [7, 11) is 0. The summed E-state index contributed by atoms with van der Waals surface area (Å²) in [6.45, 7) is -0.206. The maximum Gasteiger partial charge on any atom is 0.260 e. The van der Waals surface area contributed by atoms with Crippen LogP contribution in [0, 0.1) is 0 Å². The van der Waals surface area contributed by atoms with E-state index >= 15 is 0 Å². The molecule has 1 aliphatic rings. The first-order chi connectivity index (χ1) is 10.1. The molecule has 3 N–H and O–H groups in total. The molecule has 2 amide bonds. The number of halogens is 1. The van der Waals surface area contributed by atoms with Gasteiger partial charge < -0.3 is 11.1 Å². The number of para-hydroxylation sites is 1. The molecule has 1 heterocycles. The van der Waals surface area contributed by atoms with Gasteiger partial charge >= 0.3 is 0 Å². The van der Waals surface area contributed by atoms with Crippen molar-refractivity contribution in [2.75, 3.05) is 16.8 Å². The highest BCUT2D eigenvalue weighted by molar-refractivity contribution is 6.31. The molecule has 0 unspecified atom stereocenters. The van der Waals surface area contributed by atoms with E-state index in [-0.39, 0.29) is 12.5 Å². The number of carbonyl (C=O) groups excluding carboxylic acids is 2. The molecule has 0 saturated heterocycles. The third-order valence-electron chi connectivity index (χ3n) is 3.24. The quantitative estimate of drug-likeness (QED) is 0.895. The molecular weight excluding hydrogens is 290 g/mol. The fourth-order valence-electron chi connectivity index (χ4n) is 2.33. The van der Waals surface area contributed by atoms with Gasteiger partial charge in [0.05, 0.1) is 22.6 Å². The van der Waals surface area contributed by atoms with Crippen LogP contribution in [0.2, 0.25) is 5.02 Å². The second kappa shape index (κ2) is 5.10. The van der Waals surface area contributed by atoms with E-state index in [0.29, 0.717) is 27.6 Å². The molecule has 2 aromatic rings. The van der Waals surface area contributed by atoms with Crippen molar-refractivity contribution < 1.29 is 9.59 Å². The molecule has 3 rings (SSSR count). The van der Waals surface area contributed by atoms with Gasteiger partial charge in [0, 0.05) is 5.02 Å². The van der Waals surface area contributed by atoms with Crippen LogP contribution in [0.3, 0.4) is 0 Å². The Bertz CT molecular complexity index is 745. The first-order valence-electron chi connectivity index (χ1n) is 6.32. The number of benzene rings is 2. The van der Waals surface area contributed by atoms with E-state index in [1.165, 1.54) is 4.90 Å². The van der Waals surface area contributed by atoms with Crippen molar-refractivity contribution in [2.24, 2.45) is 5.73 Å². The maximum absolute atomic E-state index is 12.7. The van der Waals surface area contributed by atoms with E-state index in [9.17, 15) is 9.59 Å². The summed E-state index contributed by atoms with van der Waals surface area (Å²) >= 11 is 6.01. The van der Waals surface area contributed by atoms with Gasteiger partial charge in [0.15, 0.2) is 0 Å². The molecule has 0 aliphatic carbocycles. The lowest BCUT2D eigenvalue weighted by Gasteiger charge is -2.21. The number of nitrogens with one attached hydrogen (secondary N) is 1. The van der Waals surface area contributed by atoms with E-state index in [1.807, 2.05) is 6.07 Å². The third kappa shape index (κ3) is 2.43. The lowest BCUT2D eigenvalue weighted by Crippen LogP contribution is -2.38. The summed E-state index contributed by atoms with van der Waals surface area (Å²) in [5.41, 5.74) is 7.65. The number of amides is 2. The van der Waals surface area contributed by atoms with Crippen LogP contribution < -0.4 is 16.0 Å². The zero-order chi connectivity index (χ0) is 15.0. The van der Waals surface area contributed by atoms with Crippen LogP contribution in [0.1, 0.15) is 10.4 Å². The second-order valence-corrected chi connectivity index (χ2v) is 5.13. The number of rotatable bonds is 2. The minimum atomic E-state index is -0.589. The number of hydrogen-bond donors (Lipinski definition) is 2. The molecule has 106 valence electrons. The Balaban J connectivity index is 2.21. The van der Waals surface area contributed by atoms with Crippen LogP contribution in [0.15, 0.2) is 42.5 Å². The van der Waals surface area contributed by atoms with Crippen molar-refractivity contribution in [3.63, 3.8) is 0 Å². The Morgan fingerprint density at radius 3 is 2.71 bits per heavy atom. The van der Waals surface area contributed by atoms with E-state index in [0.717, 1.165) is 0 Å². The minimum absolute atomic E-state index is 0.206. The molecule has 0 fully saturated rings. The standard InChI is InChI=1S/C15H12ClN3O2/c16-9-5-6-12-13(7-9)19(8-14(17)20)15(21)10-3-1-2-4-11(10)18-12/h1-7,18H,8H2,(H2,17,20). The van der Waals surface area contributed by atoms with Gasteiger partial charge in [-0.15, -0.1) is 0 Å². The average Bonchev–Trinajstić information content (AvgIpc) is 2.56. The molecule has 0 saturated carbocycles. The number of primary amides is 1. The van der Waals surface area contributed by atoms with Crippen LogP contribution in [-0.2, 0) is 4.79 Å². The van der Waals surface area contributed by atoms with Crippen LogP contribution in [0.25, 0.3) is 0 Å². The molecule has 5 nitrogen and oxygen atoms in total. The molecule has 2 aromatic carbocycles. The molecule has 21 heavy (non-hydrogen) atoms. The van der Waals surface area contributed by atoms with E-state index in [2.05, 4.69) is 5.32 Å². The molecular formula is C15H12ClN3O2. The number of nitrogens with zero attached hydrogens (tertiary/aromatic N) is 1. The smallest absolute Gasteiger partial charge is 0.260 e. The van der Waals surface area contributed by atoms with Gasteiger partial charge in [-0.2, -0.15) is 0 Å². The van der Waals surface area contributed by atoms with Gasteiger partial charge in [0.2, 0.25) is 5.91 Å². The van der Waals surface area contributed by atoms with E-state index < -0.39 is 5.91 Å². The van der Waals surface area contributed by atoms with Crippen LogP contribution in [0.4, 0.5) is 17.1 Å². The summed E-state index contributed by atoms with van der Waals surface area (Å²) in [5.74, 6) is -0.883. The highest BCUT2D eigenvalue weighted by Crippen LogP contribution is 2.36. The fraction of sp³-hybridized carbons (Fsp3) is 0.0667. The van der Waals surface area contributed by atoms with Gasteiger partial charge in [0.1, 0.15) is 6.54 Å². The number of hydrogen-bond acceptors (Lipinski definition) is 3. The largest absolute Gasteiger partial charge is 0.368 e. The molecule has 0 spiro atoms. The monoisotopic (exact) mass is 301 g/mol. The first-order valence-corrected chi connectivity index (χ1v) is 6.70. The van der Waals surface area contributed by atoms with Crippen molar-refractivity contribution in [3.8, 4) is 0 Å². The Morgan fingerprint density at radius 2 is 1.95 bits per heavy atom. The normalized spacial score (nSPS) is 13.0. The number of nitrogens with two attached hydrogens (primary N) is 1. The van der Waals surface area contributed by atoms with Gasteiger partial charge in [-0.25, -0.2) is 0 Å². The summed E-state index contributed by atoms with van der Waals surface area (Å²) in [6, 6.07) is 12.2. The number of fused-ring (bicyclic) bond motifs is 2. The van der Waals surface area contributed by atoms with Crippen LogP contribution in [-0.4, -0.2) is 18.4 Å². The second-order valence-electron chi connectivity index (χ2n) is 4.69. The van der Waals surface area contributed by atoms with Crippen LogP contribution in [0.5, 0.6) is 0 Å². The van der Waals surface area contributed by atoms with Crippen molar-refractivity contribution in [1.29, 1.82) is 0 Å². The van der Waals surface area contributed by atoms with Gasteiger partial charge in [0.25, 0.3) is 5.91 Å². The Kier molecular flexibility index (Phi) is 3.27. The highest BCUT2D eigenvalue weighted by atomic mass is 35.5. The lowest BCUT2D eigenvalue weighted by atomic mass is 10.1. The zero-order valence-electron chi connectivity index (χ0n) is 11.0. The molecule has 0 radical (unpaired) electrons. The summed E-state index contributed by atoms with van der Waals surface area (Å²) in [6.07, 6.45) is 0. The SMILES string of the molecule is NC(=O)CN1C(=O)c2ccccc2Nc2ccc(Cl)cc21. The van der Waals surface area contributed by atoms with Crippen LogP contribution >= 0.6 is 11.6 Å². The Labute approximate surface area is 126 Å². The summed E-state index contributed by atoms with van der Waals surface area (Å²) in [5, 5.41) is 3.67. The van der Waals surface area contributed by atoms with Gasteiger partial charge in [-0.1, -0.05) is 23.7 Å². The highest BCUT2D eigenvalue weighted by Gasteiger charge is 2.27. The van der Waals surface area contributed by atoms with Gasteiger partial charge in [-0.3, -0.25) is 14.5 Å². The molecule has 0 atom stereocenters. The average molecular weight is 302 g/mol. The zero-order valence-corrected chi connectivity index (χ0v) is 11.7. The Hall–Kier alpha value is -2.53. The third-order valence-corrected chi connectivity index (χ3v) is 3.47. The lowest BCUT2D eigenvalue weighted by molar-refractivity contribution is -0.116. The van der Waals surface area contributed by atoms with Crippen molar-refractivity contribution >= 4 is 40.5 Å². The van der Waals surface area contributed by atoms with Crippen molar-refractivity contribution in [3.05, 3.63) is 53.1 Å². The minimum Gasteiger partial charge on any atom is -0.368 e. The number of carbonyl (C=O) groups is 2. The molecule has 1 aliphatic heterocycles. The first kappa shape index (κ1) is 13.5. The Morgan fingerprint density at radius 1 is 1.19 bits per heavy atom. The predicted octanol–water partition coefficient (Wildman–Crippen LogP) is 2.53. The topological polar surface area (TPSA) is 75.4 Å². The van der Waals surface area contributed by atoms with E-state index in [1.54, 1.807) is 36.4 Å². The number of anilines is 3. The molecule has 0 aromatic heterocycles. The van der Waals surface area contributed by atoms with Crippen molar-refractivity contribution in [1.82, 2.24) is 0 Å². The maximum atomic E-state index is 12.7. The fourth-order valence-corrected chi connectivity index (χ4v) is 2.49.